The molecule has 0 radical (unpaired) electrons. The predicted molar refractivity (Wildman–Crippen MR) is 169 cm³/mol. The summed E-state index contributed by atoms with van der Waals surface area (Å²) in [6.45, 7) is 0.715. The fourth-order valence-corrected chi connectivity index (χ4v) is 7.18. The molecular weight excluding hydrogens is 530 g/mol. The Bertz CT molecular complexity index is 1610. The third kappa shape index (κ3) is 4.54. The van der Waals surface area contributed by atoms with Gasteiger partial charge in [0.25, 0.3) is 0 Å². The van der Waals surface area contributed by atoms with Crippen LogP contribution in [-0.4, -0.2) is 36.0 Å². The van der Waals surface area contributed by atoms with Crippen molar-refractivity contribution in [2.75, 3.05) is 13.2 Å². The summed E-state index contributed by atoms with van der Waals surface area (Å²) in [7, 11) is 0. The van der Waals surface area contributed by atoms with Crippen molar-refractivity contribution < 1.29 is 14.3 Å². The Morgan fingerprint density at radius 3 is 1.56 bits per heavy atom. The molecule has 4 nitrogen and oxygen atoms in total. The molecule has 1 atom stereocenters. The lowest BCUT2D eigenvalue weighted by atomic mass is 9.65. The van der Waals surface area contributed by atoms with Crippen LogP contribution < -0.4 is 0 Å². The van der Waals surface area contributed by atoms with E-state index in [-0.39, 0.29) is 18.3 Å². The highest BCUT2D eigenvalue weighted by atomic mass is 16.6. The molecule has 0 aromatic heterocycles. The van der Waals surface area contributed by atoms with Crippen molar-refractivity contribution in [3.05, 3.63) is 167 Å². The van der Waals surface area contributed by atoms with Crippen molar-refractivity contribution in [3.63, 3.8) is 0 Å². The summed E-state index contributed by atoms with van der Waals surface area (Å²) in [5.74, 6) is -0.0488. The van der Waals surface area contributed by atoms with Crippen LogP contribution in [0.15, 0.2) is 140 Å². The van der Waals surface area contributed by atoms with Crippen molar-refractivity contribution in [2.45, 2.75) is 30.2 Å². The molecule has 0 saturated carbocycles. The third-order valence-electron chi connectivity index (χ3n) is 9.12. The van der Waals surface area contributed by atoms with E-state index < -0.39 is 17.6 Å². The zero-order chi connectivity index (χ0) is 29.2. The average molecular weight is 564 g/mol. The quantitative estimate of drug-likeness (QED) is 0.189. The average Bonchev–Trinajstić information content (AvgIpc) is 3.69. The number of hydrogen-bond acceptors (Lipinski definition) is 3. The van der Waals surface area contributed by atoms with Gasteiger partial charge in [-0.25, -0.2) is 4.79 Å². The maximum atomic E-state index is 15.1. The second-order valence-corrected chi connectivity index (χ2v) is 11.4. The standard InChI is InChI=1S/C39H33NO3/c41-37(39(28-15-4-1-5-16-28,29-17-6-2-7-18-29)30-19-8-3-9-20-30)36-25-14-26-40(36)38(42)43-27-35-33-23-12-10-21-31(33)32-22-11-13-24-34(32)35/h1-13,15-24,35-36H,14,25-27H2/t36-/m0/s1. The number of ketones is 1. The zero-order valence-electron chi connectivity index (χ0n) is 23.9. The summed E-state index contributed by atoms with van der Waals surface area (Å²) in [6.07, 6.45) is 0.910. The Balaban J connectivity index is 1.23. The fraction of sp³-hybridized carbons (Fsp3) is 0.179. The number of likely N-dealkylation sites (tertiary alicyclic amines) is 1. The molecular formula is C39H33NO3. The van der Waals surface area contributed by atoms with E-state index in [1.165, 1.54) is 22.3 Å². The van der Waals surface area contributed by atoms with Crippen LogP contribution in [0, 0.1) is 0 Å². The molecule has 2 aliphatic rings. The molecule has 212 valence electrons. The first-order valence-electron chi connectivity index (χ1n) is 15.0. The van der Waals surface area contributed by atoms with Gasteiger partial charge >= 0.3 is 6.09 Å². The maximum absolute atomic E-state index is 15.1. The number of amides is 1. The summed E-state index contributed by atoms with van der Waals surface area (Å²) in [6, 6.07) is 45.9. The van der Waals surface area contributed by atoms with Gasteiger partial charge in [-0.05, 0) is 51.8 Å². The Hall–Kier alpha value is -4.96. The van der Waals surface area contributed by atoms with E-state index >= 15 is 4.79 Å². The molecule has 1 saturated heterocycles. The first kappa shape index (κ1) is 26.9. The highest BCUT2D eigenvalue weighted by molar-refractivity contribution is 6.02. The van der Waals surface area contributed by atoms with Crippen molar-refractivity contribution in [1.82, 2.24) is 4.90 Å². The van der Waals surface area contributed by atoms with E-state index in [1.807, 2.05) is 115 Å². The minimum atomic E-state index is -1.08. The van der Waals surface area contributed by atoms with Gasteiger partial charge in [0.15, 0.2) is 5.78 Å². The van der Waals surface area contributed by atoms with Gasteiger partial charge in [0.1, 0.15) is 12.0 Å². The molecule has 1 heterocycles. The molecule has 1 amide bonds. The van der Waals surface area contributed by atoms with Gasteiger partial charge in [-0.3, -0.25) is 9.69 Å². The first-order chi connectivity index (χ1) is 21.2. The zero-order valence-corrected chi connectivity index (χ0v) is 23.9. The number of fused-ring (bicyclic) bond motifs is 3. The van der Waals surface area contributed by atoms with Crippen molar-refractivity contribution >= 4 is 11.9 Å². The second kappa shape index (κ2) is 11.4. The summed E-state index contributed by atoms with van der Waals surface area (Å²) >= 11 is 0. The van der Waals surface area contributed by atoms with Crippen molar-refractivity contribution in [3.8, 4) is 11.1 Å². The van der Waals surface area contributed by atoms with Gasteiger partial charge in [0, 0.05) is 12.5 Å². The number of Topliss-reactive ketones (excluding diaryl/α,β-unsaturated/α-hetero) is 1. The van der Waals surface area contributed by atoms with Crippen LogP contribution in [0.4, 0.5) is 4.79 Å². The first-order valence-corrected chi connectivity index (χ1v) is 15.0. The lowest BCUT2D eigenvalue weighted by Crippen LogP contribution is -2.51. The highest BCUT2D eigenvalue weighted by Crippen LogP contribution is 2.45. The van der Waals surface area contributed by atoms with E-state index in [0.717, 1.165) is 23.1 Å². The SMILES string of the molecule is O=C(OCC1c2ccccc2-c2ccccc21)N1CCC[C@H]1C(=O)C(c1ccccc1)(c1ccccc1)c1ccccc1. The molecule has 1 aliphatic carbocycles. The lowest BCUT2D eigenvalue weighted by Gasteiger charge is -2.38. The molecule has 0 N–H and O–H groups in total. The topological polar surface area (TPSA) is 46.6 Å². The van der Waals surface area contributed by atoms with Gasteiger partial charge in [-0.15, -0.1) is 0 Å². The van der Waals surface area contributed by atoms with Crippen LogP contribution >= 0.6 is 0 Å². The van der Waals surface area contributed by atoms with Crippen LogP contribution in [0.5, 0.6) is 0 Å². The maximum Gasteiger partial charge on any atom is 0.410 e. The Morgan fingerprint density at radius 1 is 0.628 bits per heavy atom. The van der Waals surface area contributed by atoms with E-state index in [1.54, 1.807) is 4.90 Å². The smallest absolute Gasteiger partial charge is 0.410 e. The lowest BCUT2D eigenvalue weighted by molar-refractivity contribution is -0.126. The van der Waals surface area contributed by atoms with E-state index in [4.69, 9.17) is 4.74 Å². The van der Waals surface area contributed by atoms with Gasteiger partial charge in [0.2, 0.25) is 0 Å². The summed E-state index contributed by atoms with van der Waals surface area (Å²) < 4.78 is 6.07. The Kier molecular flexibility index (Phi) is 7.12. The van der Waals surface area contributed by atoms with E-state index in [9.17, 15) is 4.79 Å². The van der Waals surface area contributed by atoms with Gasteiger partial charge in [0.05, 0.1) is 6.04 Å². The molecule has 4 heteroatoms. The number of carbonyl (C=O) groups excluding carboxylic acids is 2. The second-order valence-electron chi connectivity index (χ2n) is 11.4. The van der Waals surface area contributed by atoms with Crippen LogP contribution in [0.3, 0.4) is 0 Å². The van der Waals surface area contributed by atoms with Crippen LogP contribution in [0.25, 0.3) is 11.1 Å². The monoisotopic (exact) mass is 563 g/mol. The summed E-state index contributed by atoms with van der Waals surface area (Å²) in [4.78, 5) is 30.6. The largest absolute Gasteiger partial charge is 0.448 e. The molecule has 7 rings (SSSR count). The molecule has 0 spiro atoms. The molecule has 43 heavy (non-hydrogen) atoms. The number of rotatable bonds is 7. The summed E-state index contributed by atoms with van der Waals surface area (Å²) in [5.41, 5.74) is 6.29. The fourth-order valence-electron chi connectivity index (χ4n) is 7.18. The van der Waals surface area contributed by atoms with Crippen LogP contribution in [-0.2, 0) is 14.9 Å². The Morgan fingerprint density at radius 2 is 1.07 bits per heavy atom. The van der Waals surface area contributed by atoms with Gasteiger partial charge in [-0.2, -0.15) is 0 Å². The number of carbonyl (C=O) groups is 2. The minimum Gasteiger partial charge on any atom is -0.448 e. The molecule has 1 aliphatic heterocycles. The van der Waals surface area contributed by atoms with Gasteiger partial charge < -0.3 is 4.74 Å². The molecule has 1 fully saturated rings. The van der Waals surface area contributed by atoms with E-state index in [0.29, 0.717) is 13.0 Å². The third-order valence-corrected chi connectivity index (χ3v) is 9.12. The molecule has 0 unspecified atom stereocenters. The van der Waals surface area contributed by atoms with Crippen molar-refractivity contribution in [2.24, 2.45) is 0 Å². The summed E-state index contributed by atoms with van der Waals surface area (Å²) in [5, 5.41) is 0. The molecule has 5 aromatic carbocycles. The number of ether oxygens (including phenoxy) is 1. The van der Waals surface area contributed by atoms with Crippen LogP contribution in [0.1, 0.15) is 46.6 Å². The number of nitrogens with zero attached hydrogens (tertiary/aromatic N) is 1. The van der Waals surface area contributed by atoms with E-state index in [2.05, 4.69) is 24.3 Å². The number of benzene rings is 5. The number of hydrogen-bond donors (Lipinski definition) is 0. The van der Waals surface area contributed by atoms with Crippen LogP contribution in [0.2, 0.25) is 0 Å². The Labute approximate surface area is 252 Å². The highest BCUT2D eigenvalue weighted by Gasteiger charge is 2.50. The van der Waals surface area contributed by atoms with Gasteiger partial charge in [-0.1, -0.05) is 140 Å². The van der Waals surface area contributed by atoms with Crippen molar-refractivity contribution in [1.29, 1.82) is 0 Å². The normalized spacial score (nSPS) is 16.0. The minimum absolute atomic E-state index is 0.0119. The predicted octanol–water partition coefficient (Wildman–Crippen LogP) is 8.00. The molecule has 5 aromatic rings. The molecule has 0 bridgehead atoms.